The minimum Gasteiger partial charge on any atom is -0.308 e. The van der Waals surface area contributed by atoms with Crippen LogP contribution >= 0.6 is 11.3 Å². The van der Waals surface area contributed by atoms with E-state index in [0.29, 0.717) is 29.4 Å². The third kappa shape index (κ3) is 3.88. The van der Waals surface area contributed by atoms with Crippen molar-refractivity contribution in [1.82, 2.24) is 9.97 Å². The molecule has 8 heteroatoms. The molecular weight excluding hydrogens is 427 g/mol. The SMILES string of the molecule is O=C(Nc1nc(-c2ccc3c(c2)CCN3C(=O)c2cccc(F)c2)cs1)c1ccccn1. The van der Waals surface area contributed by atoms with Crippen molar-refractivity contribution in [2.24, 2.45) is 0 Å². The molecule has 4 aromatic rings. The Bertz CT molecular complexity index is 1320. The monoisotopic (exact) mass is 444 g/mol. The van der Waals surface area contributed by atoms with Gasteiger partial charge in [0, 0.05) is 34.9 Å². The molecule has 0 aliphatic carbocycles. The molecule has 0 radical (unpaired) electrons. The summed E-state index contributed by atoms with van der Waals surface area (Å²) >= 11 is 1.33. The van der Waals surface area contributed by atoms with Gasteiger partial charge in [-0.15, -0.1) is 11.3 Å². The van der Waals surface area contributed by atoms with E-state index < -0.39 is 5.82 Å². The summed E-state index contributed by atoms with van der Waals surface area (Å²) in [6.45, 7) is 0.538. The number of benzene rings is 2. The molecule has 2 aromatic heterocycles. The van der Waals surface area contributed by atoms with Gasteiger partial charge in [-0.3, -0.25) is 19.9 Å². The van der Waals surface area contributed by atoms with E-state index in [1.807, 2.05) is 23.6 Å². The Hall–Kier alpha value is -3.91. The van der Waals surface area contributed by atoms with Crippen molar-refractivity contribution in [2.75, 3.05) is 16.8 Å². The summed E-state index contributed by atoms with van der Waals surface area (Å²) in [4.78, 5) is 35.4. The molecule has 0 saturated heterocycles. The van der Waals surface area contributed by atoms with Gasteiger partial charge >= 0.3 is 0 Å². The average molecular weight is 444 g/mol. The molecule has 32 heavy (non-hydrogen) atoms. The average Bonchev–Trinajstić information content (AvgIpc) is 3.46. The third-order valence-electron chi connectivity index (χ3n) is 5.21. The highest BCUT2D eigenvalue weighted by Gasteiger charge is 2.26. The van der Waals surface area contributed by atoms with Crippen LogP contribution in [0.15, 0.2) is 72.2 Å². The van der Waals surface area contributed by atoms with Gasteiger partial charge < -0.3 is 4.90 Å². The quantitative estimate of drug-likeness (QED) is 0.491. The molecule has 3 heterocycles. The Labute approximate surface area is 187 Å². The number of carbonyl (C=O) groups is 2. The van der Waals surface area contributed by atoms with Crippen LogP contribution in [0.1, 0.15) is 26.4 Å². The first kappa shape index (κ1) is 20.0. The molecule has 0 saturated carbocycles. The Morgan fingerprint density at radius 3 is 2.78 bits per heavy atom. The molecule has 0 fully saturated rings. The Kier molecular flexibility index (Phi) is 5.20. The van der Waals surface area contributed by atoms with Crippen LogP contribution in [0.4, 0.5) is 15.2 Å². The van der Waals surface area contributed by atoms with E-state index in [4.69, 9.17) is 0 Å². The van der Waals surface area contributed by atoms with Gasteiger partial charge in [-0.2, -0.15) is 0 Å². The molecule has 5 rings (SSSR count). The molecule has 2 aromatic carbocycles. The second-order valence-electron chi connectivity index (χ2n) is 7.27. The Balaban J connectivity index is 1.34. The number of aromatic nitrogens is 2. The summed E-state index contributed by atoms with van der Waals surface area (Å²) < 4.78 is 13.5. The first-order chi connectivity index (χ1) is 15.6. The van der Waals surface area contributed by atoms with Gasteiger partial charge in [-0.25, -0.2) is 9.37 Å². The summed E-state index contributed by atoms with van der Waals surface area (Å²) in [6, 6.07) is 16.7. The lowest BCUT2D eigenvalue weighted by atomic mass is 10.1. The van der Waals surface area contributed by atoms with Crippen LogP contribution in [0.25, 0.3) is 11.3 Å². The maximum absolute atomic E-state index is 13.5. The predicted molar refractivity (Wildman–Crippen MR) is 122 cm³/mol. The van der Waals surface area contributed by atoms with Crippen molar-refractivity contribution >= 4 is 34.0 Å². The largest absolute Gasteiger partial charge is 0.308 e. The highest BCUT2D eigenvalue weighted by atomic mass is 32.1. The van der Waals surface area contributed by atoms with Crippen LogP contribution in [0.2, 0.25) is 0 Å². The maximum atomic E-state index is 13.5. The van der Waals surface area contributed by atoms with Gasteiger partial charge in [0.15, 0.2) is 5.13 Å². The number of anilines is 2. The van der Waals surface area contributed by atoms with E-state index in [1.54, 1.807) is 35.4 Å². The number of pyridine rings is 1. The van der Waals surface area contributed by atoms with Crippen LogP contribution < -0.4 is 10.2 Å². The molecule has 1 aliphatic heterocycles. The van der Waals surface area contributed by atoms with Crippen molar-refractivity contribution < 1.29 is 14.0 Å². The van der Waals surface area contributed by atoms with Crippen LogP contribution in [0.3, 0.4) is 0 Å². The Morgan fingerprint density at radius 1 is 1.06 bits per heavy atom. The molecule has 0 bridgehead atoms. The van der Waals surface area contributed by atoms with Crippen LogP contribution in [-0.2, 0) is 6.42 Å². The zero-order valence-electron chi connectivity index (χ0n) is 16.8. The van der Waals surface area contributed by atoms with E-state index >= 15 is 0 Å². The zero-order valence-corrected chi connectivity index (χ0v) is 17.6. The van der Waals surface area contributed by atoms with Crippen LogP contribution in [-0.4, -0.2) is 28.3 Å². The minimum atomic E-state index is -0.430. The van der Waals surface area contributed by atoms with E-state index in [-0.39, 0.29) is 11.8 Å². The van der Waals surface area contributed by atoms with Crippen LogP contribution in [0.5, 0.6) is 0 Å². The number of hydrogen-bond donors (Lipinski definition) is 1. The van der Waals surface area contributed by atoms with E-state index in [0.717, 1.165) is 22.5 Å². The second-order valence-corrected chi connectivity index (χ2v) is 8.13. The summed E-state index contributed by atoms with van der Waals surface area (Å²) in [5, 5.41) is 5.13. The predicted octanol–water partition coefficient (Wildman–Crippen LogP) is 4.80. The van der Waals surface area contributed by atoms with Gasteiger partial charge in [0.2, 0.25) is 0 Å². The summed E-state index contributed by atoms with van der Waals surface area (Å²) in [5.41, 5.74) is 4.14. The Morgan fingerprint density at radius 2 is 1.97 bits per heavy atom. The van der Waals surface area contributed by atoms with Crippen molar-refractivity contribution in [3.8, 4) is 11.3 Å². The van der Waals surface area contributed by atoms with Gasteiger partial charge in [-0.05, 0) is 54.4 Å². The molecule has 0 spiro atoms. The highest BCUT2D eigenvalue weighted by molar-refractivity contribution is 7.14. The number of thiazole rings is 1. The molecule has 1 N–H and O–H groups in total. The summed E-state index contributed by atoms with van der Waals surface area (Å²) in [7, 11) is 0. The fraction of sp³-hybridized carbons (Fsp3) is 0.0833. The molecule has 158 valence electrons. The van der Waals surface area contributed by atoms with E-state index in [2.05, 4.69) is 15.3 Å². The van der Waals surface area contributed by atoms with E-state index in [1.165, 1.54) is 29.5 Å². The number of amides is 2. The molecular formula is C24H17FN4O2S. The van der Waals surface area contributed by atoms with E-state index in [9.17, 15) is 14.0 Å². The fourth-order valence-corrected chi connectivity index (χ4v) is 4.39. The molecule has 2 amide bonds. The third-order valence-corrected chi connectivity index (χ3v) is 5.97. The number of rotatable bonds is 4. The lowest BCUT2D eigenvalue weighted by Crippen LogP contribution is -2.28. The molecule has 0 atom stereocenters. The van der Waals surface area contributed by atoms with Gasteiger partial charge in [0.1, 0.15) is 11.5 Å². The first-order valence-electron chi connectivity index (χ1n) is 9.97. The van der Waals surface area contributed by atoms with Gasteiger partial charge in [0.25, 0.3) is 11.8 Å². The van der Waals surface area contributed by atoms with Gasteiger partial charge in [-0.1, -0.05) is 18.2 Å². The second kappa shape index (κ2) is 8.32. The number of nitrogens with zero attached hydrogens (tertiary/aromatic N) is 3. The van der Waals surface area contributed by atoms with Crippen molar-refractivity contribution in [3.63, 3.8) is 0 Å². The maximum Gasteiger partial charge on any atom is 0.276 e. The molecule has 0 unspecified atom stereocenters. The number of halogens is 1. The van der Waals surface area contributed by atoms with Crippen molar-refractivity contribution in [1.29, 1.82) is 0 Å². The van der Waals surface area contributed by atoms with Crippen LogP contribution in [0, 0.1) is 5.82 Å². The summed E-state index contributed by atoms with van der Waals surface area (Å²) in [6.07, 6.45) is 2.27. The number of carbonyl (C=O) groups excluding carboxylic acids is 2. The first-order valence-corrected chi connectivity index (χ1v) is 10.8. The molecule has 1 aliphatic rings. The standard InChI is InChI=1S/C24H17FN4O2S/c25-18-5-3-4-17(13-18)23(31)29-11-9-16-12-15(7-8-21(16)29)20-14-32-24(27-20)28-22(30)19-6-1-2-10-26-19/h1-8,10,12-14H,9,11H2,(H,27,28,30). The fourth-order valence-electron chi connectivity index (χ4n) is 3.67. The highest BCUT2D eigenvalue weighted by Crippen LogP contribution is 2.34. The lowest BCUT2D eigenvalue weighted by Gasteiger charge is -2.17. The minimum absolute atomic E-state index is 0.218. The lowest BCUT2D eigenvalue weighted by molar-refractivity contribution is 0.0987. The number of nitrogens with one attached hydrogen (secondary N) is 1. The normalized spacial score (nSPS) is 12.5. The summed E-state index contributed by atoms with van der Waals surface area (Å²) in [5.74, 6) is -0.962. The molecule has 6 nitrogen and oxygen atoms in total. The van der Waals surface area contributed by atoms with Crippen molar-refractivity contribution in [3.05, 3.63) is 94.9 Å². The zero-order chi connectivity index (χ0) is 22.1. The van der Waals surface area contributed by atoms with Crippen molar-refractivity contribution in [2.45, 2.75) is 6.42 Å². The smallest absolute Gasteiger partial charge is 0.276 e. The topological polar surface area (TPSA) is 75.2 Å². The number of fused-ring (bicyclic) bond motifs is 1. The number of hydrogen-bond acceptors (Lipinski definition) is 5. The van der Waals surface area contributed by atoms with Gasteiger partial charge in [0.05, 0.1) is 5.69 Å².